The highest BCUT2D eigenvalue weighted by Gasteiger charge is 2.47. The van der Waals surface area contributed by atoms with Crippen molar-refractivity contribution in [2.75, 3.05) is 12.4 Å². The van der Waals surface area contributed by atoms with Gasteiger partial charge in [0.15, 0.2) is 15.6 Å². The van der Waals surface area contributed by atoms with Gasteiger partial charge in [0.05, 0.1) is 22.7 Å². The quantitative estimate of drug-likeness (QED) is 0.191. The molecule has 1 saturated carbocycles. The van der Waals surface area contributed by atoms with Crippen LogP contribution in [0.15, 0.2) is 53.4 Å². The molecule has 1 amide bonds. The van der Waals surface area contributed by atoms with Crippen LogP contribution in [0.5, 0.6) is 0 Å². The summed E-state index contributed by atoms with van der Waals surface area (Å²) < 4.78 is 37.0. The third kappa shape index (κ3) is 10.3. The van der Waals surface area contributed by atoms with Crippen LogP contribution in [0.2, 0.25) is 0 Å². The van der Waals surface area contributed by atoms with Gasteiger partial charge in [0.25, 0.3) is 5.91 Å². The minimum Gasteiger partial charge on any atom is -0.459 e. The molecule has 0 bridgehead atoms. The number of sulfone groups is 1. The maximum atomic E-state index is 12.9. The maximum absolute atomic E-state index is 12.9. The summed E-state index contributed by atoms with van der Waals surface area (Å²) in [6.45, 7) is 15.8. The lowest BCUT2D eigenvalue weighted by molar-refractivity contribution is -0.165. The first-order valence-corrected chi connectivity index (χ1v) is 16.6. The van der Waals surface area contributed by atoms with Crippen molar-refractivity contribution in [3.63, 3.8) is 0 Å². The summed E-state index contributed by atoms with van der Waals surface area (Å²) in [5, 5.41) is 3.00. The van der Waals surface area contributed by atoms with Crippen molar-refractivity contribution >= 4 is 27.5 Å². The molecule has 3 rings (SSSR count). The Balaban J connectivity index is 1.45. The van der Waals surface area contributed by atoms with Crippen LogP contribution < -0.4 is 5.32 Å². The highest BCUT2D eigenvalue weighted by molar-refractivity contribution is 7.91. The van der Waals surface area contributed by atoms with Gasteiger partial charge in [-0.2, -0.15) is 0 Å². The number of carbonyl (C=O) groups is 3. The molecule has 1 aliphatic carbocycles. The van der Waals surface area contributed by atoms with E-state index in [1.807, 2.05) is 48.5 Å². The number of hydrogen-bond donors (Lipinski definition) is 1. The predicted molar refractivity (Wildman–Crippen MR) is 167 cm³/mol. The highest BCUT2D eigenvalue weighted by Crippen LogP contribution is 2.47. The Labute approximate surface area is 256 Å². The molecule has 0 saturated heterocycles. The van der Waals surface area contributed by atoms with Crippen molar-refractivity contribution in [2.45, 2.75) is 103 Å². The average Bonchev–Trinajstić information content (AvgIpc) is 3.64. The predicted octanol–water partition coefficient (Wildman–Crippen LogP) is 6.10. The topological polar surface area (TPSA) is 116 Å². The number of esters is 1. The van der Waals surface area contributed by atoms with E-state index in [4.69, 9.17) is 9.47 Å². The number of aryl methyl sites for hydroxylation is 1. The van der Waals surface area contributed by atoms with Gasteiger partial charge in [0, 0.05) is 35.6 Å². The SMILES string of the molecule is Cc1ccc(S(=O)(=O)CCC(=O)c2ccc(C(=O)NC(C)(C)CCOC(C)(C)CC(=O)OC(C)(C)[C@H]3CC3C)cc2)cc1. The molecule has 2 atom stereocenters. The van der Waals surface area contributed by atoms with Gasteiger partial charge < -0.3 is 14.8 Å². The number of carbonyl (C=O) groups excluding carboxylic acids is 3. The van der Waals surface area contributed by atoms with Crippen LogP contribution in [0.4, 0.5) is 0 Å². The average molecular weight is 614 g/mol. The Hall–Kier alpha value is -3.04. The van der Waals surface area contributed by atoms with Crippen LogP contribution in [-0.2, 0) is 24.1 Å². The minimum atomic E-state index is -3.57. The van der Waals surface area contributed by atoms with Gasteiger partial charge in [-0.05, 0) is 91.5 Å². The number of ether oxygens (including phenoxy) is 2. The van der Waals surface area contributed by atoms with Gasteiger partial charge in [0.1, 0.15) is 5.60 Å². The molecular formula is C34H47NO7S. The fourth-order valence-corrected chi connectivity index (χ4v) is 6.40. The first-order chi connectivity index (χ1) is 19.8. The summed E-state index contributed by atoms with van der Waals surface area (Å²) in [6, 6.07) is 12.7. The van der Waals surface area contributed by atoms with E-state index in [1.54, 1.807) is 48.5 Å². The van der Waals surface area contributed by atoms with Gasteiger partial charge in [-0.3, -0.25) is 14.4 Å². The van der Waals surface area contributed by atoms with Crippen molar-refractivity contribution in [1.82, 2.24) is 5.32 Å². The minimum absolute atomic E-state index is 0.132. The third-order valence-corrected chi connectivity index (χ3v) is 9.80. The summed E-state index contributed by atoms with van der Waals surface area (Å²) >= 11 is 0. The summed E-state index contributed by atoms with van der Waals surface area (Å²) in [4.78, 5) is 38.4. The van der Waals surface area contributed by atoms with Crippen LogP contribution in [0.25, 0.3) is 0 Å². The van der Waals surface area contributed by atoms with Crippen molar-refractivity contribution in [3.8, 4) is 0 Å². The van der Waals surface area contributed by atoms with Crippen molar-refractivity contribution < 1.29 is 32.3 Å². The molecule has 8 nitrogen and oxygen atoms in total. The zero-order valence-electron chi connectivity index (χ0n) is 26.8. The van der Waals surface area contributed by atoms with Crippen LogP contribution in [-0.4, -0.2) is 55.2 Å². The Kier molecular flexibility index (Phi) is 10.7. The van der Waals surface area contributed by atoms with E-state index in [0.29, 0.717) is 36.0 Å². The fourth-order valence-electron chi connectivity index (χ4n) is 5.16. The van der Waals surface area contributed by atoms with Crippen molar-refractivity contribution in [1.29, 1.82) is 0 Å². The van der Waals surface area contributed by atoms with E-state index in [0.717, 1.165) is 12.0 Å². The molecule has 0 spiro atoms. The normalized spacial score (nSPS) is 17.3. The fraction of sp³-hybridized carbons (Fsp3) is 0.559. The summed E-state index contributed by atoms with van der Waals surface area (Å²) in [5.41, 5.74) is -0.114. The third-order valence-electron chi connectivity index (χ3n) is 8.07. The lowest BCUT2D eigenvalue weighted by Crippen LogP contribution is -2.45. The Morgan fingerprint density at radius 3 is 2.02 bits per heavy atom. The molecule has 0 aromatic heterocycles. The van der Waals surface area contributed by atoms with E-state index < -0.39 is 26.6 Å². The molecule has 1 N–H and O–H groups in total. The van der Waals surface area contributed by atoms with Gasteiger partial charge in [-0.15, -0.1) is 0 Å². The first-order valence-electron chi connectivity index (χ1n) is 14.9. The number of Topliss-reactive ketones (excluding diaryl/α,β-unsaturated/α-hetero) is 1. The van der Waals surface area contributed by atoms with E-state index in [1.165, 1.54) is 0 Å². The van der Waals surface area contributed by atoms with Crippen LogP contribution in [0, 0.1) is 18.8 Å². The number of rotatable bonds is 15. The first kappa shape index (κ1) is 34.5. The zero-order valence-corrected chi connectivity index (χ0v) is 27.6. The second-order valence-electron chi connectivity index (χ2n) is 13.7. The Morgan fingerprint density at radius 2 is 1.47 bits per heavy atom. The number of nitrogens with one attached hydrogen (secondary N) is 1. The zero-order chi connectivity index (χ0) is 32.2. The Morgan fingerprint density at radius 1 is 0.907 bits per heavy atom. The molecule has 1 aliphatic rings. The standard InChI is InChI=1S/C34H47NO7S/c1-23-9-15-27(16-10-23)43(39,40)20-17-29(36)25-11-13-26(14-12-25)31(38)35-32(3,4)18-19-41-33(5,6)22-30(37)42-34(7,8)28-21-24(28)2/h9-16,24,28H,17-22H2,1-8H3,(H,35,38)/t24?,28-/m0/s1. The molecule has 2 aromatic rings. The Bertz CT molecular complexity index is 1410. The van der Waals surface area contributed by atoms with Crippen LogP contribution >= 0.6 is 0 Å². The summed E-state index contributed by atoms with van der Waals surface area (Å²) in [7, 11) is -3.57. The number of hydrogen-bond acceptors (Lipinski definition) is 7. The molecule has 0 heterocycles. The molecule has 0 radical (unpaired) electrons. The molecule has 9 heteroatoms. The lowest BCUT2D eigenvalue weighted by Gasteiger charge is -2.31. The highest BCUT2D eigenvalue weighted by atomic mass is 32.2. The molecule has 0 aliphatic heterocycles. The number of amides is 1. The van der Waals surface area contributed by atoms with Gasteiger partial charge >= 0.3 is 5.97 Å². The van der Waals surface area contributed by atoms with Crippen molar-refractivity contribution in [2.24, 2.45) is 11.8 Å². The second kappa shape index (κ2) is 13.3. The smallest absolute Gasteiger partial charge is 0.309 e. The summed E-state index contributed by atoms with van der Waals surface area (Å²) in [5.74, 6) is -0.206. The largest absolute Gasteiger partial charge is 0.459 e. The molecular weight excluding hydrogens is 566 g/mol. The van der Waals surface area contributed by atoms with E-state index in [9.17, 15) is 22.8 Å². The van der Waals surface area contributed by atoms with Gasteiger partial charge in [-0.1, -0.05) is 36.8 Å². The lowest BCUT2D eigenvalue weighted by atomic mass is 9.99. The molecule has 236 valence electrons. The van der Waals surface area contributed by atoms with Crippen molar-refractivity contribution in [3.05, 3.63) is 65.2 Å². The summed E-state index contributed by atoms with van der Waals surface area (Å²) in [6.07, 6.45) is 1.56. The monoisotopic (exact) mass is 613 g/mol. The van der Waals surface area contributed by atoms with Crippen LogP contribution in [0.3, 0.4) is 0 Å². The maximum Gasteiger partial charge on any atom is 0.309 e. The molecule has 1 unspecified atom stereocenters. The van der Waals surface area contributed by atoms with Crippen LogP contribution in [0.1, 0.15) is 100 Å². The molecule has 1 fully saturated rings. The van der Waals surface area contributed by atoms with E-state index in [-0.39, 0.29) is 41.1 Å². The van der Waals surface area contributed by atoms with E-state index >= 15 is 0 Å². The van der Waals surface area contributed by atoms with Gasteiger partial charge in [0.2, 0.25) is 0 Å². The molecule has 2 aromatic carbocycles. The molecule has 43 heavy (non-hydrogen) atoms. The number of benzene rings is 2. The second-order valence-corrected chi connectivity index (χ2v) is 15.8. The number of ketones is 1. The van der Waals surface area contributed by atoms with E-state index in [2.05, 4.69) is 12.2 Å². The van der Waals surface area contributed by atoms with Gasteiger partial charge in [-0.25, -0.2) is 8.42 Å².